The maximum absolute atomic E-state index is 12.8. The summed E-state index contributed by atoms with van der Waals surface area (Å²) < 4.78 is 0. The van der Waals surface area contributed by atoms with Crippen LogP contribution in [0.3, 0.4) is 0 Å². The number of benzene rings is 1. The molecule has 1 saturated heterocycles. The maximum Gasteiger partial charge on any atom is 0.276 e. The molecule has 0 unspecified atom stereocenters. The lowest BCUT2D eigenvalue weighted by Gasteiger charge is -2.20. The molecule has 1 aliphatic rings. The Labute approximate surface area is 147 Å². The van der Waals surface area contributed by atoms with E-state index in [1.165, 1.54) is 12.4 Å². The van der Waals surface area contributed by atoms with Gasteiger partial charge in [0.25, 0.3) is 11.8 Å². The van der Waals surface area contributed by atoms with Crippen LogP contribution in [0.5, 0.6) is 0 Å². The molecule has 1 aliphatic heterocycles. The quantitative estimate of drug-likeness (QED) is 0.933. The van der Waals surface area contributed by atoms with Crippen LogP contribution in [0.2, 0.25) is 0 Å². The summed E-state index contributed by atoms with van der Waals surface area (Å²) in [6.07, 6.45) is 7.23. The molecule has 6 nitrogen and oxygen atoms in total. The number of nitrogens with zero attached hydrogens (tertiary/aromatic N) is 3. The molecule has 6 heteroatoms. The normalized spacial score (nSPS) is 14.7. The summed E-state index contributed by atoms with van der Waals surface area (Å²) in [7, 11) is 0. The van der Waals surface area contributed by atoms with Gasteiger partial charge in [0.15, 0.2) is 11.5 Å². The van der Waals surface area contributed by atoms with Gasteiger partial charge in [-0.3, -0.25) is 9.59 Å². The number of rotatable bonds is 3. The predicted molar refractivity (Wildman–Crippen MR) is 95.5 cm³/mol. The Hall–Kier alpha value is -2.76. The lowest BCUT2D eigenvalue weighted by atomic mass is 10.1. The molecule has 2 aromatic rings. The van der Waals surface area contributed by atoms with Crippen LogP contribution in [-0.4, -0.2) is 39.8 Å². The topological polar surface area (TPSA) is 75.2 Å². The van der Waals surface area contributed by atoms with Gasteiger partial charge in [-0.2, -0.15) is 0 Å². The van der Waals surface area contributed by atoms with Crippen molar-refractivity contribution >= 4 is 17.6 Å². The van der Waals surface area contributed by atoms with Crippen molar-refractivity contribution in [3.05, 3.63) is 53.5 Å². The molecule has 0 atom stereocenters. The summed E-state index contributed by atoms with van der Waals surface area (Å²) in [6.45, 7) is 3.41. The zero-order valence-corrected chi connectivity index (χ0v) is 14.4. The number of carbonyl (C=O) groups excluding carboxylic acids is 2. The van der Waals surface area contributed by atoms with E-state index >= 15 is 0 Å². The van der Waals surface area contributed by atoms with E-state index in [9.17, 15) is 9.59 Å². The van der Waals surface area contributed by atoms with Crippen molar-refractivity contribution in [1.29, 1.82) is 0 Å². The van der Waals surface area contributed by atoms with Gasteiger partial charge >= 0.3 is 0 Å². The summed E-state index contributed by atoms with van der Waals surface area (Å²) in [5.41, 5.74) is 1.79. The molecule has 25 heavy (non-hydrogen) atoms. The van der Waals surface area contributed by atoms with Crippen molar-refractivity contribution in [3.63, 3.8) is 0 Å². The fourth-order valence-electron chi connectivity index (χ4n) is 2.89. The Morgan fingerprint density at radius 1 is 0.960 bits per heavy atom. The molecule has 0 saturated carbocycles. The van der Waals surface area contributed by atoms with Crippen LogP contribution >= 0.6 is 0 Å². The fourth-order valence-corrected chi connectivity index (χ4v) is 2.89. The standard InChI is InChI=1S/C19H22N4O2/c1-14-6-8-15(9-7-14)18(24)22-17-16(20-10-11-21-17)19(25)23-12-4-2-3-5-13-23/h6-11H,2-5,12-13H2,1H3,(H,21,22,24). The molecule has 1 aromatic heterocycles. The van der Waals surface area contributed by atoms with Gasteiger partial charge in [0.2, 0.25) is 0 Å². The predicted octanol–water partition coefficient (Wildman–Crippen LogP) is 3.05. The zero-order chi connectivity index (χ0) is 17.6. The zero-order valence-electron chi connectivity index (χ0n) is 14.4. The molecule has 2 heterocycles. The Morgan fingerprint density at radius 2 is 1.60 bits per heavy atom. The molecule has 3 rings (SSSR count). The van der Waals surface area contributed by atoms with Gasteiger partial charge in [-0.25, -0.2) is 9.97 Å². The highest BCUT2D eigenvalue weighted by molar-refractivity contribution is 6.07. The Bertz CT molecular complexity index is 750. The van der Waals surface area contributed by atoms with E-state index in [0.717, 1.165) is 44.3 Å². The summed E-state index contributed by atoms with van der Waals surface area (Å²) in [4.78, 5) is 35.4. The van der Waals surface area contributed by atoms with E-state index in [2.05, 4.69) is 15.3 Å². The van der Waals surface area contributed by atoms with E-state index in [0.29, 0.717) is 5.56 Å². The average molecular weight is 338 g/mol. The van der Waals surface area contributed by atoms with Gasteiger partial charge < -0.3 is 10.2 Å². The SMILES string of the molecule is Cc1ccc(C(=O)Nc2nccnc2C(=O)N2CCCCCC2)cc1. The molecule has 2 amide bonds. The number of likely N-dealkylation sites (tertiary alicyclic amines) is 1. The van der Waals surface area contributed by atoms with Gasteiger partial charge in [-0.1, -0.05) is 30.5 Å². The maximum atomic E-state index is 12.8. The molecular weight excluding hydrogens is 316 g/mol. The number of aromatic nitrogens is 2. The summed E-state index contributed by atoms with van der Waals surface area (Å²) in [6, 6.07) is 7.23. The van der Waals surface area contributed by atoms with Crippen molar-refractivity contribution in [2.75, 3.05) is 18.4 Å². The second-order valence-electron chi connectivity index (χ2n) is 6.28. The number of nitrogens with one attached hydrogen (secondary N) is 1. The first-order valence-corrected chi connectivity index (χ1v) is 8.63. The molecule has 1 aromatic carbocycles. The van der Waals surface area contributed by atoms with Crippen molar-refractivity contribution in [2.45, 2.75) is 32.6 Å². The van der Waals surface area contributed by atoms with Crippen LogP contribution in [0.1, 0.15) is 52.1 Å². The highest BCUT2D eigenvalue weighted by atomic mass is 16.2. The van der Waals surface area contributed by atoms with Crippen LogP contribution < -0.4 is 5.32 Å². The number of hydrogen-bond acceptors (Lipinski definition) is 4. The van der Waals surface area contributed by atoms with Crippen molar-refractivity contribution in [2.24, 2.45) is 0 Å². The third kappa shape index (κ3) is 4.21. The Morgan fingerprint density at radius 3 is 2.28 bits per heavy atom. The number of hydrogen-bond donors (Lipinski definition) is 1. The molecule has 0 radical (unpaired) electrons. The van der Waals surface area contributed by atoms with E-state index in [1.54, 1.807) is 17.0 Å². The second kappa shape index (κ2) is 7.88. The fraction of sp³-hybridized carbons (Fsp3) is 0.368. The first-order chi connectivity index (χ1) is 12.1. The molecule has 1 N–H and O–H groups in total. The third-order valence-electron chi connectivity index (χ3n) is 4.34. The molecule has 1 fully saturated rings. The lowest BCUT2D eigenvalue weighted by Crippen LogP contribution is -2.33. The van der Waals surface area contributed by atoms with Crippen LogP contribution in [0.4, 0.5) is 5.82 Å². The number of anilines is 1. The van der Waals surface area contributed by atoms with Gasteiger partial charge in [0.1, 0.15) is 0 Å². The highest BCUT2D eigenvalue weighted by Crippen LogP contribution is 2.17. The number of carbonyl (C=O) groups is 2. The monoisotopic (exact) mass is 338 g/mol. The molecule has 0 aliphatic carbocycles. The largest absolute Gasteiger partial charge is 0.337 e. The first-order valence-electron chi connectivity index (χ1n) is 8.63. The number of aryl methyl sites for hydroxylation is 1. The summed E-state index contributed by atoms with van der Waals surface area (Å²) in [5.74, 6) is -0.262. The van der Waals surface area contributed by atoms with E-state index in [1.807, 2.05) is 19.1 Å². The van der Waals surface area contributed by atoms with Gasteiger partial charge in [-0.15, -0.1) is 0 Å². The first kappa shape index (κ1) is 17.1. The second-order valence-corrected chi connectivity index (χ2v) is 6.28. The lowest BCUT2D eigenvalue weighted by molar-refractivity contribution is 0.0756. The smallest absolute Gasteiger partial charge is 0.276 e. The van der Waals surface area contributed by atoms with Crippen LogP contribution in [0.25, 0.3) is 0 Å². The van der Waals surface area contributed by atoms with Crippen LogP contribution in [0, 0.1) is 6.92 Å². The van der Waals surface area contributed by atoms with E-state index in [4.69, 9.17) is 0 Å². The van der Waals surface area contributed by atoms with Crippen LogP contribution in [0.15, 0.2) is 36.7 Å². The third-order valence-corrected chi connectivity index (χ3v) is 4.34. The van der Waals surface area contributed by atoms with Gasteiger partial charge in [-0.05, 0) is 31.9 Å². The van der Waals surface area contributed by atoms with Crippen LogP contribution in [-0.2, 0) is 0 Å². The Balaban J connectivity index is 1.79. The average Bonchev–Trinajstić information content (AvgIpc) is 2.91. The van der Waals surface area contributed by atoms with Crippen molar-refractivity contribution < 1.29 is 9.59 Å². The van der Waals surface area contributed by atoms with Gasteiger partial charge in [0, 0.05) is 31.0 Å². The minimum absolute atomic E-state index is 0.172. The number of amides is 2. The van der Waals surface area contributed by atoms with Crippen molar-refractivity contribution in [1.82, 2.24) is 14.9 Å². The van der Waals surface area contributed by atoms with E-state index in [-0.39, 0.29) is 23.3 Å². The molecular formula is C19H22N4O2. The molecule has 0 bridgehead atoms. The molecule has 0 spiro atoms. The van der Waals surface area contributed by atoms with Crippen molar-refractivity contribution in [3.8, 4) is 0 Å². The summed E-state index contributed by atoms with van der Waals surface area (Å²) >= 11 is 0. The molecule has 130 valence electrons. The minimum atomic E-state index is -0.301. The minimum Gasteiger partial charge on any atom is -0.337 e. The van der Waals surface area contributed by atoms with E-state index < -0.39 is 0 Å². The highest BCUT2D eigenvalue weighted by Gasteiger charge is 2.23. The Kier molecular flexibility index (Phi) is 5.38. The van der Waals surface area contributed by atoms with Gasteiger partial charge in [0.05, 0.1) is 0 Å². The summed E-state index contributed by atoms with van der Waals surface area (Å²) in [5, 5.41) is 2.72.